The Morgan fingerprint density at radius 3 is 2.69 bits per heavy atom. The molecule has 0 aliphatic rings. The molecule has 0 unspecified atom stereocenters. The molecule has 0 spiro atoms. The number of rotatable bonds is 5. The number of anilines is 1. The first-order chi connectivity index (χ1) is 12.5. The first-order valence-corrected chi connectivity index (χ1v) is 7.82. The fourth-order valence-electron chi connectivity index (χ4n) is 2.27. The summed E-state index contributed by atoms with van der Waals surface area (Å²) in [5.74, 6) is 0.466. The Morgan fingerprint density at radius 2 is 2.08 bits per heavy atom. The van der Waals surface area contributed by atoms with Gasteiger partial charge in [0, 0.05) is 5.56 Å². The number of nitriles is 1. The summed E-state index contributed by atoms with van der Waals surface area (Å²) < 4.78 is 20.9. The van der Waals surface area contributed by atoms with Crippen molar-refractivity contribution >= 4 is 12.2 Å². The van der Waals surface area contributed by atoms with Crippen LogP contribution in [0.5, 0.6) is 5.75 Å². The highest BCUT2D eigenvalue weighted by molar-refractivity contribution is 5.79. The third kappa shape index (κ3) is 4.05. The molecule has 6 nitrogen and oxygen atoms in total. The van der Waals surface area contributed by atoms with E-state index in [1.54, 1.807) is 36.7 Å². The van der Waals surface area contributed by atoms with Gasteiger partial charge in [-0.05, 0) is 48.9 Å². The number of hydrogen-bond acceptors (Lipinski definition) is 5. The maximum absolute atomic E-state index is 13.8. The van der Waals surface area contributed by atoms with Gasteiger partial charge in [-0.2, -0.15) is 10.4 Å². The van der Waals surface area contributed by atoms with Gasteiger partial charge >= 0.3 is 0 Å². The second-order valence-electron chi connectivity index (χ2n) is 5.61. The maximum atomic E-state index is 13.8. The number of halogens is 1. The van der Waals surface area contributed by atoms with E-state index >= 15 is 0 Å². The summed E-state index contributed by atoms with van der Waals surface area (Å²) in [6.45, 7) is 1.92. The van der Waals surface area contributed by atoms with E-state index in [1.165, 1.54) is 10.7 Å². The van der Waals surface area contributed by atoms with Crippen molar-refractivity contribution in [1.82, 2.24) is 9.66 Å². The average molecular weight is 349 g/mol. The fourth-order valence-corrected chi connectivity index (χ4v) is 2.27. The van der Waals surface area contributed by atoms with Crippen LogP contribution in [0.2, 0.25) is 0 Å². The predicted octanol–water partition coefficient (Wildman–Crippen LogP) is 3.25. The standard InChI is InChI=1S/C19H16FN5O/c1-13-11-25(19(22)24-13)23-10-14-3-6-17(7-4-14)26-12-16-5-2-15(9-21)8-18(16)20/h2-8,10-11H,12H2,1H3,(H2,22,24). The number of benzene rings is 2. The minimum Gasteiger partial charge on any atom is -0.489 e. The van der Waals surface area contributed by atoms with Crippen LogP contribution in [0.25, 0.3) is 0 Å². The molecule has 0 saturated heterocycles. The summed E-state index contributed by atoms with van der Waals surface area (Å²) in [5.41, 5.74) is 8.04. The van der Waals surface area contributed by atoms with E-state index in [0.717, 1.165) is 11.3 Å². The molecule has 1 aromatic heterocycles. The van der Waals surface area contributed by atoms with Crippen molar-refractivity contribution in [3.05, 3.63) is 76.9 Å². The summed E-state index contributed by atoms with van der Waals surface area (Å²) in [7, 11) is 0. The number of aryl methyl sites for hydroxylation is 1. The van der Waals surface area contributed by atoms with E-state index in [2.05, 4.69) is 10.1 Å². The lowest BCUT2D eigenvalue weighted by atomic mass is 10.1. The van der Waals surface area contributed by atoms with Crippen LogP contribution in [0.3, 0.4) is 0 Å². The van der Waals surface area contributed by atoms with Crippen LogP contribution in [0.1, 0.15) is 22.4 Å². The average Bonchev–Trinajstić information content (AvgIpc) is 2.97. The maximum Gasteiger partial charge on any atom is 0.221 e. The molecule has 0 saturated carbocycles. The topological polar surface area (TPSA) is 89.2 Å². The monoisotopic (exact) mass is 349 g/mol. The van der Waals surface area contributed by atoms with Crippen LogP contribution in [-0.4, -0.2) is 15.9 Å². The Balaban J connectivity index is 1.63. The van der Waals surface area contributed by atoms with Crippen LogP contribution in [0.15, 0.2) is 53.8 Å². The third-order valence-corrected chi connectivity index (χ3v) is 3.62. The zero-order valence-corrected chi connectivity index (χ0v) is 14.1. The minimum atomic E-state index is -0.457. The Hall–Kier alpha value is -3.66. The van der Waals surface area contributed by atoms with Crippen LogP contribution in [0, 0.1) is 24.1 Å². The lowest BCUT2D eigenvalue weighted by Crippen LogP contribution is -1.99. The highest BCUT2D eigenvalue weighted by atomic mass is 19.1. The largest absolute Gasteiger partial charge is 0.489 e. The molecule has 0 aliphatic heterocycles. The zero-order chi connectivity index (χ0) is 18.5. The summed E-state index contributed by atoms with van der Waals surface area (Å²) in [6, 6.07) is 13.4. The van der Waals surface area contributed by atoms with Crippen molar-refractivity contribution in [2.45, 2.75) is 13.5 Å². The van der Waals surface area contributed by atoms with Gasteiger partial charge in [-0.1, -0.05) is 6.07 Å². The number of nitrogens with zero attached hydrogens (tertiary/aromatic N) is 4. The van der Waals surface area contributed by atoms with Crippen molar-refractivity contribution in [2.24, 2.45) is 5.10 Å². The second kappa shape index (κ2) is 7.49. The molecule has 0 fully saturated rings. The molecule has 0 bridgehead atoms. The van der Waals surface area contributed by atoms with Crippen molar-refractivity contribution in [3.63, 3.8) is 0 Å². The summed E-state index contributed by atoms with van der Waals surface area (Å²) in [6.07, 6.45) is 3.39. The molecule has 0 aliphatic carbocycles. The summed E-state index contributed by atoms with van der Waals surface area (Å²) in [4.78, 5) is 4.07. The van der Waals surface area contributed by atoms with Crippen LogP contribution in [-0.2, 0) is 6.61 Å². The Morgan fingerprint density at radius 1 is 1.31 bits per heavy atom. The molecule has 0 radical (unpaired) electrons. The van der Waals surface area contributed by atoms with E-state index < -0.39 is 5.82 Å². The minimum absolute atomic E-state index is 0.0792. The SMILES string of the molecule is Cc1cn(N=Cc2ccc(OCc3ccc(C#N)cc3F)cc2)c(N)n1. The van der Waals surface area contributed by atoms with Gasteiger partial charge in [0.25, 0.3) is 0 Å². The van der Waals surface area contributed by atoms with E-state index in [1.807, 2.05) is 25.1 Å². The first-order valence-electron chi connectivity index (χ1n) is 7.82. The molecule has 0 atom stereocenters. The highest BCUT2D eigenvalue weighted by Gasteiger charge is 2.05. The molecule has 3 aromatic rings. The van der Waals surface area contributed by atoms with Crippen molar-refractivity contribution in [2.75, 3.05) is 5.73 Å². The molecule has 0 amide bonds. The summed E-state index contributed by atoms with van der Waals surface area (Å²) in [5, 5.41) is 13.0. The van der Waals surface area contributed by atoms with Crippen molar-refractivity contribution < 1.29 is 9.13 Å². The molecule has 26 heavy (non-hydrogen) atoms. The Kier molecular flexibility index (Phi) is 4.94. The smallest absolute Gasteiger partial charge is 0.221 e. The van der Waals surface area contributed by atoms with Crippen LogP contribution in [0.4, 0.5) is 10.3 Å². The number of imidazole rings is 1. The van der Waals surface area contributed by atoms with Crippen molar-refractivity contribution in [1.29, 1.82) is 5.26 Å². The van der Waals surface area contributed by atoms with Crippen LogP contribution < -0.4 is 10.5 Å². The van der Waals surface area contributed by atoms with Gasteiger partial charge in [0.1, 0.15) is 18.2 Å². The fraction of sp³-hybridized carbons (Fsp3) is 0.105. The van der Waals surface area contributed by atoms with Gasteiger partial charge in [0.05, 0.1) is 29.7 Å². The number of ether oxygens (including phenoxy) is 1. The number of hydrogen-bond donors (Lipinski definition) is 1. The van der Waals surface area contributed by atoms with E-state index in [-0.39, 0.29) is 12.2 Å². The second-order valence-corrected chi connectivity index (χ2v) is 5.61. The zero-order valence-electron chi connectivity index (χ0n) is 14.1. The summed E-state index contributed by atoms with van der Waals surface area (Å²) >= 11 is 0. The predicted molar refractivity (Wildman–Crippen MR) is 96.3 cm³/mol. The molecular formula is C19H16FN5O. The quantitative estimate of drug-likeness (QED) is 0.716. The molecule has 3 rings (SSSR count). The van der Waals surface area contributed by atoms with E-state index in [9.17, 15) is 4.39 Å². The lowest BCUT2D eigenvalue weighted by molar-refractivity contribution is 0.300. The van der Waals surface area contributed by atoms with E-state index in [4.69, 9.17) is 15.7 Å². The van der Waals surface area contributed by atoms with E-state index in [0.29, 0.717) is 17.3 Å². The molecule has 130 valence electrons. The van der Waals surface area contributed by atoms with Gasteiger partial charge in [-0.25, -0.2) is 14.1 Å². The van der Waals surface area contributed by atoms with Gasteiger partial charge in [-0.15, -0.1) is 0 Å². The molecule has 1 heterocycles. The number of aromatic nitrogens is 2. The Labute approximate surface area is 150 Å². The first kappa shape index (κ1) is 17.2. The van der Waals surface area contributed by atoms with Gasteiger partial charge < -0.3 is 10.5 Å². The normalized spacial score (nSPS) is 10.8. The third-order valence-electron chi connectivity index (χ3n) is 3.62. The van der Waals surface area contributed by atoms with Crippen molar-refractivity contribution in [3.8, 4) is 11.8 Å². The molecule has 7 heteroatoms. The van der Waals surface area contributed by atoms with Gasteiger partial charge in [0.15, 0.2) is 0 Å². The Bertz CT molecular complexity index is 986. The van der Waals surface area contributed by atoms with Crippen LogP contribution >= 0.6 is 0 Å². The highest BCUT2D eigenvalue weighted by Crippen LogP contribution is 2.16. The lowest BCUT2D eigenvalue weighted by Gasteiger charge is -2.07. The molecule has 2 N–H and O–H groups in total. The number of nitrogens with two attached hydrogens (primary N) is 1. The molecular weight excluding hydrogens is 333 g/mol. The number of nitrogen functional groups attached to an aromatic ring is 1. The van der Waals surface area contributed by atoms with Gasteiger partial charge in [-0.3, -0.25) is 0 Å². The molecule has 2 aromatic carbocycles. The van der Waals surface area contributed by atoms with Gasteiger partial charge in [0.2, 0.25) is 5.95 Å².